The Morgan fingerprint density at radius 3 is 1.69 bits per heavy atom. The van der Waals surface area contributed by atoms with Gasteiger partial charge in [-0.15, -0.1) is 0 Å². The number of carbonyl (C=O) groups is 2. The van der Waals surface area contributed by atoms with E-state index < -0.39 is 28.3 Å². The van der Waals surface area contributed by atoms with Crippen LogP contribution >= 0.6 is 0 Å². The fourth-order valence-electron chi connectivity index (χ4n) is 9.81. The Bertz CT molecular complexity index is 2570. The van der Waals surface area contributed by atoms with Crippen molar-refractivity contribution in [2.75, 3.05) is 20.3 Å². The predicted octanol–water partition coefficient (Wildman–Crippen LogP) is 16.2. The summed E-state index contributed by atoms with van der Waals surface area (Å²) in [5.74, 6) is 0.439. The summed E-state index contributed by atoms with van der Waals surface area (Å²) >= 11 is 0. The Kier molecular flexibility index (Phi) is 21.9. The van der Waals surface area contributed by atoms with Gasteiger partial charge in [-0.05, 0) is 101 Å². The molecule has 0 aromatic heterocycles. The summed E-state index contributed by atoms with van der Waals surface area (Å²) in [6.45, 7) is 30.6. The standard InChI is InChI=1S/C67H91NO8Si2/c1-50(28-27-45-74-67(55-31-21-16-22-32-55,56-33-23-17-24-34-56)57-35-25-18-26-36-57)61(76-78(13,14)66(7,8)9)47-60(75-77(11,12)65(4,5)6)41-37-51(2)63(72-48-54-39-42-59(71-10)43-40-54)52(3)38-44-62(69)68-58(49-73-64(68)70)46-53-29-19-15-20-30-53/h15-37,39-43,50-52,58,60-61,63H,38,44-49H2,1-14H3/t50-,51-,52+,58+,60+,61-,63-/m0/s1. The third-order valence-corrected chi connectivity index (χ3v) is 25.6. The summed E-state index contributed by atoms with van der Waals surface area (Å²) in [4.78, 5) is 28.3. The fourth-order valence-corrected chi connectivity index (χ4v) is 12.5. The zero-order chi connectivity index (χ0) is 56.7. The zero-order valence-electron chi connectivity index (χ0n) is 49.4. The Morgan fingerprint density at radius 2 is 1.18 bits per heavy atom. The van der Waals surface area contributed by atoms with Gasteiger partial charge in [0, 0.05) is 18.8 Å². The number of hydrogen-bond acceptors (Lipinski definition) is 8. The van der Waals surface area contributed by atoms with Gasteiger partial charge in [0.15, 0.2) is 16.6 Å². The second-order valence-electron chi connectivity index (χ2n) is 24.5. The minimum Gasteiger partial charge on any atom is -0.497 e. The lowest BCUT2D eigenvalue weighted by atomic mass is 9.80. The molecule has 6 rings (SSSR count). The number of methoxy groups -OCH3 is 1. The minimum atomic E-state index is -2.33. The molecule has 0 spiro atoms. The maximum atomic E-state index is 14.0. The molecule has 0 unspecified atom stereocenters. The molecule has 420 valence electrons. The monoisotopic (exact) mass is 1090 g/mol. The van der Waals surface area contributed by atoms with E-state index in [9.17, 15) is 9.59 Å². The van der Waals surface area contributed by atoms with Crippen LogP contribution in [0.2, 0.25) is 36.3 Å². The molecule has 1 fully saturated rings. The van der Waals surface area contributed by atoms with Crippen LogP contribution in [-0.4, -0.2) is 78.2 Å². The van der Waals surface area contributed by atoms with Gasteiger partial charge in [0.1, 0.15) is 18.0 Å². The smallest absolute Gasteiger partial charge is 0.416 e. The molecule has 11 heteroatoms. The molecule has 1 aliphatic heterocycles. The molecule has 0 N–H and O–H groups in total. The SMILES string of the molecule is COc1ccc(CO[C@H]([C@H](C)CCC(=O)N2C(=O)OC[C@H]2Cc2ccccc2)[C@@H](C)C=C[C@H](C[C@H](O[Si](C)(C)C(C)(C)C)[C@@H](C)C=CCOC(c2ccccc2)(c2ccccc2)c2ccccc2)O[Si](C)(C)C(C)(C)C)cc1. The molecule has 7 atom stereocenters. The van der Waals surface area contributed by atoms with Crippen LogP contribution in [0.15, 0.2) is 170 Å². The average Bonchev–Trinajstić information content (AvgIpc) is 3.84. The molecule has 9 nitrogen and oxygen atoms in total. The van der Waals surface area contributed by atoms with Gasteiger partial charge in [0.05, 0.1) is 44.7 Å². The van der Waals surface area contributed by atoms with Crippen LogP contribution in [0.3, 0.4) is 0 Å². The first-order valence-electron chi connectivity index (χ1n) is 28.2. The lowest BCUT2D eigenvalue weighted by Crippen LogP contribution is -2.48. The first kappa shape index (κ1) is 61.8. The van der Waals surface area contributed by atoms with Crippen molar-refractivity contribution in [3.05, 3.63) is 198 Å². The molecular formula is C67H91NO8Si2. The van der Waals surface area contributed by atoms with Crippen molar-refractivity contribution in [1.29, 1.82) is 0 Å². The van der Waals surface area contributed by atoms with Crippen LogP contribution in [0.5, 0.6) is 5.75 Å². The Balaban J connectivity index is 1.28. The quantitative estimate of drug-likeness (QED) is 0.0292. The van der Waals surface area contributed by atoms with Gasteiger partial charge >= 0.3 is 6.09 Å². The first-order valence-corrected chi connectivity index (χ1v) is 34.1. The number of nitrogens with zero attached hydrogens (tertiary/aromatic N) is 1. The van der Waals surface area contributed by atoms with Crippen LogP contribution in [0.4, 0.5) is 4.79 Å². The van der Waals surface area contributed by atoms with Crippen molar-refractivity contribution in [2.24, 2.45) is 17.8 Å². The number of carbonyl (C=O) groups excluding carboxylic acids is 2. The molecule has 5 aromatic rings. The molecule has 0 radical (unpaired) electrons. The summed E-state index contributed by atoms with van der Waals surface area (Å²) in [5.41, 5.74) is 4.42. The third kappa shape index (κ3) is 16.4. The van der Waals surface area contributed by atoms with Gasteiger partial charge in [-0.3, -0.25) is 4.79 Å². The van der Waals surface area contributed by atoms with Gasteiger partial charge in [-0.1, -0.05) is 220 Å². The van der Waals surface area contributed by atoms with Gasteiger partial charge in [0.25, 0.3) is 0 Å². The largest absolute Gasteiger partial charge is 0.497 e. The summed E-state index contributed by atoms with van der Waals surface area (Å²) in [7, 11) is -2.98. The number of cyclic esters (lactones) is 1. The van der Waals surface area contributed by atoms with Gasteiger partial charge in [0.2, 0.25) is 5.91 Å². The van der Waals surface area contributed by atoms with Crippen LogP contribution in [-0.2, 0) is 46.5 Å². The Morgan fingerprint density at radius 1 is 0.667 bits per heavy atom. The second-order valence-corrected chi connectivity index (χ2v) is 34.0. The van der Waals surface area contributed by atoms with Crippen LogP contribution < -0.4 is 4.74 Å². The van der Waals surface area contributed by atoms with Crippen molar-refractivity contribution in [2.45, 2.75) is 161 Å². The highest BCUT2D eigenvalue weighted by atomic mass is 28.4. The van der Waals surface area contributed by atoms with Crippen LogP contribution in [0, 0.1) is 17.8 Å². The van der Waals surface area contributed by atoms with Crippen LogP contribution in [0.1, 0.15) is 109 Å². The van der Waals surface area contributed by atoms with Crippen molar-refractivity contribution < 1.29 is 37.4 Å². The maximum Gasteiger partial charge on any atom is 0.416 e. The van der Waals surface area contributed by atoms with Crippen molar-refractivity contribution in [3.63, 3.8) is 0 Å². The number of rotatable bonds is 27. The predicted molar refractivity (Wildman–Crippen MR) is 323 cm³/mol. The number of imide groups is 1. The third-order valence-electron chi connectivity index (χ3n) is 16.6. The fraction of sp³-hybridized carbons (Fsp3) is 0.463. The maximum absolute atomic E-state index is 14.0. The normalized spacial score (nSPS) is 17.2. The molecule has 0 aliphatic carbocycles. The molecule has 78 heavy (non-hydrogen) atoms. The van der Waals surface area contributed by atoms with Gasteiger partial charge < -0.3 is 27.8 Å². The van der Waals surface area contributed by atoms with Crippen molar-refractivity contribution in [1.82, 2.24) is 4.90 Å². The Hall–Kier alpha value is -5.41. The van der Waals surface area contributed by atoms with Gasteiger partial charge in [-0.25, -0.2) is 9.69 Å². The molecule has 1 aliphatic rings. The number of hydrogen-bond donors (Lipinski definition) is 0. The Labute approximate surface area is 471 Å². The van der Waals surface area contributed by atoms with E-state index in [-0.39, 0.29) is 71.1 Å². The topological polar surface area (TPSA) is 92.8 Å². The lowest BCUT2D eigenvalue weighted by Gasteiger charge is -2.43. The molecule has 0 saturated carbocycles. The summed E-state index contributed by atoms with van der Waals surface area (Å²) in [6.07, 6.45) is 9.59. The number of ether oxygens (including phenoxy) is 4. The summed E-state index contributed by atoms with van der Waals surface area (Å²) < 4.78 is 39.9. The van der Waals surface area contributed by atoms with E-state index in [0.29, 0.717) is 32.5 Å². The first-order chi connectivity index (χ1) is 37.0. The summed E-state index contributed by atoms with van der Waals surface area (Å²) in [6, 6.07) is 49.1. The van der Waals surface area contributed by atoms with Gasteiger partial charge in [-0.2, -0.15) is 0 Å². The highest BCUT2D eigenvalue weighted by Gasteiger charge is 2.44. The van der Waals surface area contributed by atoms with E-state index >= 15 is 0 Å². The molecule has 1 heterocycles. The van der Waals surface area contributed by atoms with E-state index in [4.69, 9.17) is 27.8 Å². The average molecular weight is 1090 g/mol. The zero-order valence-corrected chi connectivity index (χ0v) is 51.4. The highest BCUT2D eigenvalue weighted by Crippen LogP contribution is 2.43. The summed E-state index contributed by atoms with van der Waals surface area (Å²) in [5, 5.41) is -0.0680. The lowest BCUT2D eigenvalue weighted by molar-refractivity contribution is -0.129. The van der Waals surface area contributed by atoms with E-state index in [1.54, 1.807) is 7.11 Å². The molecule has 5 aromatic carbocycles. The van der Waals surface area contributed by atoms with Crippen molar-refractivity contribution >= 4 is 28.6 Å². The minimum absolute atomic E-state index is 0.0111. The number of amides is 2. The molecule has 0 bridgehead atoms. The van der Waals surface area contributed by atoms with E-state index in [0.717, 1.165) is 33.6 Å². The van der Waals surface area contributed by atoms with E-state index in [2.05, 4.69) is 186 Å². The molecule has 1 saturated heterocycles. The second kappa shape index (κ2) is 27.7. The highest BCUT2D eigenvalue weighted by molar-refractivity contribution is 6.74. The van der Waals surface area contributed by atoms with Crippen molar-refractivity contribution in [3.8, 4) is 5.75 Å². The number of benzene rings is 5. The van der Waals surface area contributed by atoms with E-state index in [1.165, 1.54) is 4.90 Å². The van der Waals surface area contributed by atoms with E-state index in [1.807, 2.05) is 72.8 Å². The molecular weight excluding hydrogens is 1000 g/mol. The van der Waals surface area contributed by atoms with Crippen LogP contribution in [0.25, 0.3) is 0 Å². The molecule has 2 amide bonds.